The zero-order chi connectivity index (χ0) is 20.5. The van der Waals surface area contributed by atoms with Gasteiger partial charge in [-0.2, -0.15) is 4.31 Å². The first-order valence-corrected chi connectivity index (χ1v) is 11.7. The Morgan fingerprint density at radius 1 is 0.966 bits per heavy atom. The Morgan fingerprint density at radius 3 is 2.21 bits per heavy atom. The second kappa shape index (κ2) is 8.13. The molecule has 0 saturated carbocycles. The zero-order valence-electron chi connectivity index (χ0n) is 15.6. The Bertz CT molecular complexity index is 974. The summed E-state index contributed by atoms with van der Waals surface area (Å²) in [5.41, 5.74) is -0.925. The summed E-state index contributed by atoms with van der Waals surface area (Å²) in [4.78, 5) is 0.172. The van der Waals surface area contributed by atoms with Crippen molar-refractivity contribution in [3.63, 3.8) is 0 Å². The van der Waals surface area contributed by atoms with E-state index in [-0.39, 0.29) is 18.0 Å². The lowest BCUT2D eigenvalue weighted by Gasteiger charge is -2.43. The Morgan fingerprint density at radius 2 is 1.59 bits per heavy atom. The van der Waals surface area contributed by atoms with E-state index in [1.807, 2.05) is 30.3 Å². The predicted molar refractivity (Wildman–Crippen MR) is 105 cm³/mol. The van der Waals surface area contributed by atoms with Crippen molar-refractivity contribution in [1.29, 1.82) is 0 Å². The van der Waals surface area contributed by atoms with Gasteiger partial charge in [-0.1, -0.05) is 18.2 Å². The van der Waals surface area contributed by atoms with Crippen molar-refractivity contribution in [3.05, 3.63) is 54.6 Å². The molecule has 156 valence electrons. The van der Waals surface area contributed by atoms with Crippen molar-refractivity contribution < 1.29 is 26.7 Å². The van der Waals surface area contributed by atoms with E-state index in [4.69, 9.17) is 9.47 Å². The number of sulfonamides is 1. The Balaban J connectivity index is 1.44. The van der Waals surface area contributed by atoms with E-state index in [0.29, 0.717) is 37.5 Å². The lowest BCUT2D eigenvalue weighted by Crippen LogP contribution is -2.54. The van der Waals surface area contributed by atoms with Gasteiger partial charge in [0.15, 0.2) is 0 Å². The molecule has 0 amide bonds. The van der Waals surface area contributed by atoms with Gasteiger partial charge in [-0.25, -0.2) is 12.7 Å². The van der Waals surface area contributed by atoms with Crippen LogP contribution in [0.3, 0.4) is 0 Å². The Labute approximate surface area is 172 Å². The summed E-state index contributed by atoms with van der Waals surface area (Å²) >= 11 is -2.39. The first kappa shape index (κ1) is 20.5. The third-order valence-electron chi connectivity index (χ3n) is 5.24. The molecule has 1 spiro atoms. The fourth-order valence-electron chi connectivity index (χ4n) is 3.73. The average Bonchev–Trinajstić information content (AvgIpc) is 3.13. The number of ether oxygens (including phenoxy) is 2. The average molecular weight is 438 g/mol. The molecule has 1 atom stereocenters. The molecule has 0 bridgehead atoms. The largest absolute Gasteiger partial charge is 0.760 e. The highest BCUT2D eigenvalue weighted by atomic mass is 32.2. The number of para-hydroxylation sites is 1. The van der Waals surface area contributed by atoms with Crippen molar-refractivity contribution in [3.8, 4) is 11.5 Å². The molecule has 2 saturated heterocycles. The standard InChI is InChI=1S/C19H22N2O6S2/c22-28(23)21-14-15-26-19(21)10-12-20(13-11-19)29(24,25)18-8-6-17(7-9-18)27-16-4-2-1-3-5-16/h1-9H,10-15H2,(H,22,23)/p-1. The molecule has 0 aromatic heterocycles. The minimum atomic E-state index is -3.69. The van der Waals surface area contributed by atoms with Crippen LogP contribution in [-0.4, -0.2) is 57.8 Å². The first-order chi connectivity index (χ1) is 13.9. The molecule has 2 aromatic carbocycles. The summed E-state index contributed by atoms with van der Waals surface area (Å²) in [5, 5.41) is 0. The number of piperidine rings is 1. The topological polar surface area (TPSA) is 99.2 Å². The maximum absolute atomic E-state index is 13.0. The van der Waals surface area contributed by atoms with Gasteiger partial charge in [-0.3, -0.25) is 4.21 Å². The highest BCUT2D eigenvalue weighted by molar-refractivity contribution is 7.89. The maximum Gasteiger partial charge on any atom is 0.243 e. The molecule has 8 nitrogen and oxygen atoms in total. The minimum absolute atomic E-state index is 0.172. The second-order valence-corrected chi connectivity index (χ2v) is 9.72. The summed E-state index contributed by atoms with van der Waals surface area (Å²) in [7, 11) is -3.69. The fourth-order valence-corrected chi connectivity index (χ4v) is 5.90. The first-order valence-electron chi connectivity index (χ1n) is 9.25. The molecule has 1 unspecified atom stereocenters. The van der Waals surface area contributed by atoms with Crippen LogP contribution in [0.2, 0.25) is 0 Å². The molecule has 10 heteroatoms. The van der Waals surface area contributed by atoms with Crippen LogP contribution >= 0.6 is 0 Å². The van der Waals surface area contributed by atoms with E-state index < -0.39 is 27.0 Å². The number of nitrogens with zero attached hydrogens (tertiary/aromatic N) is 2. The lowest BCUT2D eigenvalue weighted by molar-refractivity contribution is -0.0811. The molecular formula is C19H21N2O6S2-. The van der Waals surface area contributed by atoms with Crippen molar-refractivity contribution in [2.24, 2.45) is 0 Å². The van der Waals surface area contributed by atoms with E-state index >= 15 is 0 Å². The Kier molecular flexibility index (Phi) is 5.74. The third kappa shape index (κ3) is 4.09. The highest BCUT2D eigenvalue weighted by Gasteiger charge is 2.47. The van der Waals surface area contributed by atoms with E-state index in [0.717, 1.165) is 0 Å². The summed E-state index contributed by atoms with van der Waals surface area (Å²) in [6.45, 7) is 1.01. The SMILES string of the molecule is O=S([O-])N1CCOC12CCN(S(=O)(=O)c1ccc(Oc3ccccc3)cc1)CC2. The van der Waals surface area contributed by atoms with E-state index in [9.17, 15) is 17.2 Å². The zero-order valence-corrected chi connectivity index (χ0v) is 17.2. The van der Waals surface area contributed by atoms with Crippen LogP contribution in [0.25, 0.3) is 0 Å². The molecule has 2 heterocycles. The molecule has 0 aliphatic carbocycles. The van der Waals surface area contributed by atoms with Crippen LogP contribution in [0, 0.1) is 0 Å². The van der Waals surface area contributed by atoms with Crippen molar-refractivity contribution >= 4 is 21.3 Å². The molecule has 2 fully saturated rings. The number of rotatable bonds is 5. The molecule has 0 radical (unpaired) electrons. The minimum Gasteiger partial charge on any atom is -0.760 e. The number of hydrogen-bond donors (Lipinski definition) is 0. The highest BCUT2D eigenvalue weighted by Crippen LogP contribution is 2.36. The van der Waals surface area contributed by atoms with Crippen LogP contribution < -0.4 is 4.74 Å². The van der Waals surface area contributed by atoms with Crippen LogP contribution in [0.15, 0.2) is 59.5 Å². The van der Waals surface area contributed by atoms with Crippen molar-refractivity contribution in [2.75, 3.05) is 26.2 Å². The summed E-state index contributed by atoms with van der Waals surface area (Å²) < 4.78 is 62.9. The van der Waals surface area contributed by atoms with Crippen molar-refractivity contribution in [2.45, 2.75) is 23.5 Å². The van der Waals surface area contributed by atoms with Gasteiger partial charge in [0.25, 0.3) is 0 Å². The maximum atomic E-state index is 13.0. The second-order valence-electron chi connectivity index (χ2n) is 6.90. The van der Waals surface area contributed by atoms with Crippen LogP contribution in [0.4, 0.5) is 0 Å². The molecule has 0 N–H and O–H groups in total. The molecule has 4 rings (SSSR count). The van der Waals surface area contributed by atoms with Gasteiger partial charge < -0.3 is 14.0 Å². The smallest absolute Gasteiger partial charge is 0.243 e. The predicted octanol–water partition coefficient (Wildman–Crippen LogP) is 2.09. The molecule has 2 aliphatic heterocycles. The van der Waals surface area contributed by atoms with Gasteiger partial charge in [0.05, 0.1) is 11.5 Å². The van der Waals surface area contributed by atoms with Gasteiger partial charge >= 0.3 is 0 Å². The van der Waals surface area contributed by atoms with Gasteiger partial charge in [-0.05, 0) is 36.4 Å². The number of hydrogen-bond acceptors (Lipinski definition) is 6. The molecule has 29 heavy (non-hydrogen) atoms. The molecular weight excluding hydrogens is 416 g/mol. The molecule has 2 aromatic rings. The van der Waals surface area contributed by atoms with Gasteiger partial charge in [0.1, 0.15) is 17.2 Å². The van der Waals surface area contributed by atoms with Gasteiger partial charge in [0, 0.05) is 43.7 Å². The number of benzene rings is 2. The normalized spacial score (nSPS) is 21.3. The summed E-state index contributed by atoms with van der Waals surface area (Å²) in [6, 6.07) is 15.5. The quantitative estimate of drug-likeness (QED) is 0.664. The Hall–Kier alpha value is -1.82. The monoisotopic (exact) mass is 437 g/mol. The fraction of sp³-hybridized carbons (Fsp3) is 0.368. The third-order valence-corrected chi connectivity index (χ3v) is 8.03. The van der Waals surface area contributed by atoms with E-state index in [2.05, 4.69) is 0 Å². The van der Waals surface area contributed by atoms with Crippen molar-refractivity contribution in [1.82, 2.24) is 8.61 Å². The summed E-state index contributed by atoms with van der Waals surface area (Å²) in [6.07, 6.45) is 0.602. The van der Waals surface area contributed by atoms with Crippen LogP contribution in [0.1, 0.15) is 12.8 Å². The van der Waals surface area contributed by atoms with Gasteiger partial charge in [-0.15, -0.1) is 0 Å². The van der Waals surface area contributed by atoms with Crippen LogP contribution in [0.5, 0.6) is 11.5 Å². The van der Waals surface area contributed by atoms with Crippen LogP contribution in [-0.2, 0) is 26.0 Å². The molecule has 2 aliphatic rings. The summed E-state index contributed by atoms with van der Waals surface area (Å²) in [5.74, 6) is 1.21. The van der Waals surface area contributed by atoms with E-state index in [1.165, 1.54) is 20.7 Å². The van der Waals surface area contributed by atoms with Gasteiger partial charge in [0.2, 0.25) is 10.0 Å². The lowest BCUT2D eigenvalue weighted by atomic mass is 10.0. The van der Waals surface area contributed by atoms with E-state index in [1.54, 1.807) is 12.1 Å².